The van der Waals surface area contributed by atoms with Gasteiger partial charge in [0.05, 0.1) is 12.6 Å². The molecule has 0 spiro atoms. The van der Waals surface area contributed by atoms with Gasteiger partial charge in [-0.3, -0.25) is 4.57 Å². The van der Waals surface area contributed by atoms with E-state index < -0.39 is 5.82 Å². The molecule has 0 saturated carbocycles. The number of hydrogen-bond acceptors (Lipinski definition) is 4. The summed E-state index contributed by atoms with van der Waals surface area (Å²) in [6.45, 7) is 8.80. The fraction of sp³-hybridized carbons (Fsp3) is 0.158. The van der Waals surface area contributed by atoms with E-state index in [2.05, 4.69) is 15.0 Å². The van der Waals surface area contributed by atoms with Crippen LogP contribution in [0.3, 0.4) is 0 Å². The smallest absolute Gasteiger partial charge is 0.343 e. The third-order valence-corrected chi connectivity index (χ3v) is 4.06. The van der Waals surface area contributed by atoms with Crippen LogP contribution in [0.4, 0.5) is 10.1 Å². The average molecular weight is 363 g/mol. The zero-order chi connectivity index (χ0) is 19.6. The van der Waals surface area contributed by atoms with Gasteiger partial charge in [0.25, 0.3) is 0 Å². The Morgan fingerprint density at radius 3 is 2.81 bits per heavy atom. The molecule has 1 heterocycles. The number of rotatable bonds is 4. The van der Waals surface area contributed by atoms with Crippen LogP contribution in [0.15, 0.2) is 35.1 Å². The number of aromatic nitrogens is 3. The Hall–Kier alpha value is -3.91. The second-order valence-electron chi connectivity index (χ2n) is 5.91. The van der Waals surface area contributed by atoms with E-state index in [1.807, 2.05) is 6.07 Å². The van der Waals surface area contributed by atoms with Gasteiger partial charge in [-0.1, -0.05) is 12.1 Å². The normalized spacial score (nSPS) is 10.3. The molecule has 3 aromatic rings. The van der Waals surface area contributed by atoms with E-state index in [0.29, 0.717) is 17.0 Å². The second kappa shape index (κ2) is 7.14. The first-order valence-corrected chi connectivity index (χ1v) is 7.91. The molecule has 0 aliphatic heterocycles. The minimum Gasteiger partial charge on any atom is -0.455 e. The Balaban J connectivity index is 1.99. The van der Waals surface area contributed by atoms with Gasteiger partial charge in [-0.25, -0.2) is 19.1 Å². The van der Waals surface area contributed by atoms with Crippen LogP contribution in [0, 0.1) is 30.6 Å². The minimum absolute atomic E-state index is 0.000874. The van der Waals surface area contributed by atoms with Crippen molar-refractivity contribution in [3.8, 4) is 17.6 Å². The molecule has 0 atom stereocenters. The quantitative estimate of drug-likeness (QED) is 0.720. The van der Waals surface area contributed by atoms with Crippen molar-refractivity contribution in [2.75, 3.05) is 0 Å². The molecule has 0 radical (unpaired) electrons. The molecule has 8 heteroatoms. The first-order valence-electron chi connectivity index (χ1n) is 7.91. The van der Waals surface area contributed by atoms with Crippen LogP contribution in [-0.2, 0) is 13.5 Å². The summed E-state index contributed by atoms with van der Waals surface area (Å²) in [5.41, 5.74) is 0.955. The number of aryl methyl sites for hydroxylation is 1. The predicted octanol–water partition coefficient (Wildman–Crippen LogP) is 3.36. The van der Waals surface area contributed by atoms with Gasteiger partial charge >= 0.3 is 5.69 Å². The lowest BCUT2D eigenvalue weighted by Gasteiger charge is -2.13. The molecule has 0 amide bonds. The molecule has 0 saturated heterocycles. The molecule has 3 rings (SSSR count). The number of halogens is 1. The Morgan fingerprint density at radius 2 is 2.19 bits per heavy atom. The molecule has 0 bridgehead atoms. The van der Waals surface area contributed by atoms with E-state index in [4.69, 9.17) is 16.6 Å². The lowest BCUT2D eigenvalue weighted by atomic mass is 10.1. The lowest BCUT2D eigenvalue weighted by Crippen LogP contribution is -2.15. The number of nitriles is 1. The largest absolute Gasteiger partial charge is 0.455 e. The summed E-state index contributed by atoms with van der Waals surface area (Å²) in [5, 5.41) is 15.3. The van der Waals surface area contributed by atoms with Crippen LogP contribution in [0.5, 0.6) is 11.5 Å². The number of nitrogens with zero attached hydrogens (tertiary/aromatic N) is 4. The molecular weight excluding hydrogens is 349 g/mol. The lowest BCUT2D eigenvalue weighted by molar-refractivity contribution is 0.435. The van der Waals surface area contributed by atoms with Crippen LogP contribution < -0.4 is 10.4 Å². The molecule has 1 aromatic heterocycles. The van der Waals surface area contributed by atoms with Crippen LogP contribution in [0.1, 0.15) is 22.5 Å². The molecule has 134 valence electrons. The van der Waals surface area contributed by atoms with E-state index >= 15 is 4.39 Å². The molecule has 27 heavy (non-hydrogen) atoms. The highest BCUT2D eigenvalue weighted by atomic mass is 19.1. The highest BCUT2D eigenvalue weighted by molar-refractivity contribution is 5.56. The van der Waals surface area contributed by atoms with Crippen molar-refractivity contribution in [3.63, 3.8) is 0 Å². The van der Waals surface area contributed by atoms with Crippen molar-refractivity contribution < 1.29 is 9.13 Å². The second-order valence-corrected chi connectivity index (χ2v) is 5.91. The van der Waals surface area contributed by atoms with Gasteiger partial charge < -0.3 is 4.74 Å². The summed E-state index contributed by atoms with van der Waals surface area (Å²) >= 11 is 0. The molecular formula is C19H14FN5O2. The van der Waals surface area contributed by atoms with Gasteiger partial charge in [-0.15, -0.1) is 0 Å². The number of H-pyrrole nitrogens is 1. The highest BCUT2D eigenvalue weighted by Crippen LogP contribution is 2.33. The molecule has 2 aromatic carbocycles. The molecule has 7 nitrogen and oxygen atoms in total. The van der Waals surface area contributed by atoms with Crippen LogP contribution in [0.25, 0.3) is 4.85 Å². The summed E-state index contributed by atoms with van der Waals surface area (Å²) in [4.78, 5) is 14.8. The standard InChI is InChI=1S/C19H14FN5O2/c1-11-4-5-13(8-16-23-24-19(26)25(16)3)17(20)18(11)27-15-7-12(10-21)6-14(9-15)22-2/h4-7,9H,8H2,1,3H3,(H,24,26). The summed E-state index contributed by atoms with van der Waals surface area (Å²) in [6.07, 6.45) is 0.100. The van der Waals surface area contributed by atoms with Gasteiger partial charge in [-0.05, 0) is 36.2 Å². The van der Waals surface area contributed by atoms with Gasteiger partial charge in [0.1, 0.15) is 11.6 Å². The highest BCUT2D eigenvalue weighted by Gasteiger charge is 2.17. The van der Waals surface area contributed by atoms with Gasteiger partial charge in [-0.2, -0.15) is 10.4 Å². The van der Waals surface area contributed by atoms with Crippen molar-refractivity contribution in [1.29, 1.82) is 5.26 Å². The van der Waals surface area contributed by atoms with E-state index in [0.717, 1.165) is 0 Å². The average Bonchev–Trinajstić information content (AvgIpc) is 2.99. The summed E-state index contributed by atoms with van der Waals surface area (Å²) in [5.74, 6) is -0.00179. The van der Waals surface area contributed by atoms with Gasteiger partial charge in [0.15, 0.2) is 17.3 Å². The summed E-state index contributed by atoms with van der Waals surface area (Å²) in [7, 11) is 1.55. The number of benzene rings is 2. The topological polar surface area (TPSA) is 88.1 Å². The summed E-state index contributed by atoms with van der Waals surface area (Å²) < 4.78 is 22.0. The first kappa shape index (κ1) is 17.9. The molecule has 1 N–H and O–H groups in total. The monoisotopic (exact) mass is 363 g/mol. The molecule has 0 fully saturated rings. The SMILES string of the molecule is [C-]#[N+]c1cc(C#N)cc(Oc2c(C)ccc(Cc3n[nH]c(=O)n3C)c2F)c1. The maximum Gasteiger partial charge on any atom is 0.343 e. The maximum atomic E-state index is 15.0. The van der Waals surface area contributed by atoms with E-state index in [1.165, 1.54) is 22.8 Å². The van der Waals surface area contributed by atoms with E-state index in [9.17, 15) is 4.79 Å². The van der Waals surface area contributed by atoms with Crippen molar-refractivity contribution in [3.05, 3.63) is 80.6 Å². The van der Waals surface area contributed by atoms with Crippen molar-refractivity contribution >= 4 is 5.69 Å². The van der Waals surface area contributed by atoms with Crippen LogP contribution in [-0.4, -0.2) is 14.8 Å². The zero-order valence-corrected chi connectivity index (χ0v) is 14.6. The fourth-order valence-corrected chi connectivity index (χ4v) is 2.55. The van der Waals surface area contributed by atoms with Crippen molar-refractivity contribution in [1.82, 2.24) is 14.8 Å². The van der Waals surface area contributed by atoms with Crippen molar-refractivity contribution in [2.45, 2.75) is 13.3 Å². The van der Waals surface area contributed by atoms with Gasteiger partial charge in [0.2, 0.25) is 0 Å². The van der Waals surface area contributed by atoms with E-state index in [-0.39, 0.29) is 34.9 Å². The molecule has 0 aliphatic rings. The number of hydrogen-bond donors (Lipinski definition) is 1. The fourth-order valence-electron chi connectivity index (χ4n) is 2.55. The minimum atomic E-state index is -0.586. The molecule has 0 aliphatic carbocycles. The van der Waals surface area contributed by atoms with Crippen LogP contribution >= 0.6 is 0 Å². The first-order chi connectivity index (χ1) is 12.9. The van der Waals surface area contributed by atoms with Crippen molar-refractivity contribution in [2.24, 2.45) is 7.05 Å². The Morgan fingerprint density at radius 1 is 1.41 bits per heavy atom. The summed E-state index contributed by atoms with van der Waals surface area (Å²) in [6, 6.07) is 9.56. The molecule has 0 unspecified atom stereocenters. The predicted molar refractivity (Wildman–Crippen MR) is 95.3 cm³/mol. The number of aromatic amines is 1. The number of nitrogens with one attached hydrogen (secondary N) is 1. The Bertz CT molecular complexity index is 1130. The number of ether oxygens (including phenoxy) is 1. The van der Waals surface area contributed by atoms with E-state index in [1.54, 1.807) is 26.1 Å². The van der Waals surface area contributed by atoms with Gasteiger partial charge in [0, 0.05) is 19.0 Å². The Kier molecular flexibility index (Phi) is 4.73. The zero-order valence-electron chi connectivity index (χ0n) is 14.6. The Labute approximate surface area is 154 Å². The maximum absolute atomic E-state index is 15.0. The van der Waals surface area contributed by atoms with Crippen LogP contribution in [0.2, 0.25) is 0 Å². The third kappa shape index (κ3) is 3.55. The third-order valence-electron chi connectivity index (χ3n) is 4.06.